The molecule has 0 unspecified atom stereocenters. The van der Waals surface area contributed by atoms with Crippen LogP contribution in [0, 0.1) is 5.41 Å². The first-order valence-corrected chi connectivity index (χ1v) is 6.48. The van der Waals surface area contributed by atoms with E-state index < -0.39 is 0 Å². The molecule has 94 valence electrons. The van der Waals surface area contributed by atoms with Gasteiger partial charge in [0.1, 0.15) is 5.82 Å². The molecule has 0 bridgehead atoms. The average molecular weight is 233 g/mol. The number of nitrogens with two attached hydrogens (primary N) is 1. The van der Waals surface area contributed by atoms with E-state index in [1.807, 2.05) is 12.3 Å². The summed E-state index contributed by atoms with van der Waals surface area (Å²) in [5, 5.41) is 0. The lowest BCUT2D eigenvalue weighted by Crippen LogP contribution is -2.25. The number of hydrogen-bond donors (Lipinski definition) is 1. The van der Waals surface area contributed by atoms with Crippen molar-refractivity contribution in [2.45, 2.75) is 39.7 Å². The highest BCUT2D eigenvalue weighted by molar-refractivity contribution is 5.29. The lowest BCUT2D eigenvalue weighted by atomic mass is 9.85. The maximum absolute atomic E-state index is 5.60. The number of pyridine rings is 1. The zero-order valence-electron chi connectivity index (χ0n) is 10.9. The molecular formula is C14H23N3. The maximum Gasteiger partial charge on any atom is 0.123 e. The average Bonchev–Trinajstić information content (AvgIpc) is 2.44. The van der Waals surface area contributed by atoms with E-state index in [2.05, 4.69) is 29.8 Å². The number of aromatic nitrogens is 1. The Morgan fingerprint density at radius 1 is 1.29 bits per heavy atom. The second kappa shape index (κ2) is 5.05. The molecule has 0 spiro atoms. The molecule has 0 amide bonds. The molecule has 0 aromatic carbocycles. The Morgan fingerprint density at radius 3 is 2.82 bits per heavy atom. The molecule has 1 fully saturated rings. The second-order valence-corrected chi connectivity index (χ2v) is 5.89. The zero-order chi connectivity index (χ0) is 12.3. The van der Waals surface area contributed by atoms with Crippen LogP contribution in [0.2, 0.25) is 0 Å². The van der Waals surface area contributed by atoms with Gasteiger partial charge in [-0.25, -0.2) is 4.98 Å². The lowest BCUT2D eigenvalue weighted by Gasteiger charge is -2.23. The van der Waals surface area contributed by atoms with E-state index >= 15 is 0 Å². The molecule has 2 N–H and O–H groups in total. The van der Waals surface area contributed by atoms with Gasteiger partial charge in [0.15, 0.2) is 0 Å². The van der Waals surface area contributed by atoms with Crippen molar-refractivity contribution in [3.05, 3.63) is 23.9 Å². The summed E-state index contributed by atoms with van der Waals surface area (Å²) in [4.78, 5) is 6.68. The summed E-state index contributed by atoms with van der Waals surface area (Å²) in [6.07, 6.45) is 5.82. The predicted molar refractivity (Wildman–Crippen MR) is 71.6 cm³/mol. The fourth-order valence-corrected chi connectivity index (χ4v) is 2.42. The second-order valence-electron chi connectivity index (χ2n) is 5.89. The van der Waals surface area contributed by atoms with E-state index in [1.165, 1.54) is 37.9 Å². The monoisotopic (exact) mass is 233 g/mol. The minimum Gasteiger partial charge on any atom is -0.384 e. The molecule has 2 heterocycles. The molecule has 1 aromatic rings. The van der Waals surface area contributed by atoms with Crippen LogP contribution in [0.15, 0.2) is 18.3 Å². The Kier molecular flexibility index (Phi) is 3.67. The predicted octanol–water partition coefficient (Wildman–Crippen LogP) is 2.68. The molecule has 0 aliphatic carbocycles. The third kappa shape index (κ3) is 3.70. The number of nitrogen functional groups attached to an aromatic ring is 1. The maximum atomic E-state index is 5.60. The van der Waals surface area contributed by atoms with Crippen molar-refractivity contribution >= 4 is 5.82 Å². The number of hydrogen-bond acceptors (Lipinski definition) is 3. The van der Waals surface area contributed by atoms with Gasteiger partial charge in [-0.05, 0) is 49.4 Å². The van der Waals surface area contributed by atoms with E-state index in [1.54, 1.807) is 0 Å². The summed E-state index contributed by atoms with van der Waals surface area (Å²) in [5.74, 6) is 0.603. The highest BCUT2D eigenvalue weighted by Gasteiger charge is 2.22. The van der Waals surface area contributed by atoms with Crippen molar-refractivity contribution in [3.8, 4) is 0 Å². The first-order chi connectivity index (χ1) is 8.05. The van der Waals surface area contributed by atoms with Crippen molar-refractivity contribution in [2.24, 2.45) is 5.41 Å². The van der Waals surface area contributed by atoms with Gasteiger partial charge in [-0.3, -0.25) is 4.90 Å². The van der Waals surface area contributed by atoms with Gasteiger partial charge in [-0.2, -0.15) is 0 Å². The van der Waals surface area contributed by atoms with Gasteiger partial charge >= 0.3 is 0 Å². The summed E-state index contributed by atoms with van der Waals surface area (Å²) >= 11 is 0. The molecule has 17 heavy (non-hydrogen) atoms. The Morgan fingerprint density at radius 2 is 2.12 bits per heavy atom. The van der Waals surface area contributed by atoms with Gasteiger partial charge in [-0.1, -0.05) is 19.9 Å². The zero-order valence-corrected chi connectivity index (χ0v) is 10.9. The highest BCUT2D eigenvalue weighted by Crippen LogP contribution is 2.30. The quantitative estimate of drug-likeness (QED) is 0.854. The van der Waals surface area contributed by atoms with Crippen LogP contribution in [0.25, 0.3) is 0 Å². The van der Waals surface area contributed by atoms with Crippen LogP contribution in [0.5, 0.6) is 0 Å². The summed E-state index contributed by atoms with van der Waals surface area (Å²) in [6, 6.07) is 3.97. The van der Waals surface area contributed by atoms with Gasteiger partial charge in [0.25, 0.3) is 0 Å². The van der Waals surface area contributed by atoms with Gasteiger partial charge in [0.05, 0.1) is 0 Å². The SMILES string of the molecule is CC1(C)CCCN(Cc2ccc(N)nc2)CC1. The van der Waals surface area contributed by atoms with Crippen LogP contribution in [0.4, 0.5) is 5.82 Å². The molecule has 1 saturated heterocycles. The standard InChI is InChI=1S/C14H23N3/c1-14(2)6-3-8-17(9-7-14)11-12-4-5-13(15)16-10-12/h4-5,10H,3,6-9,11H2,1-2H3,(H2,15,16). The topological polar surface area (TPSA) is 42.1 Å². The van der Waals surface area contributed by atoms with Crippen LogP contribution in [-0.2, 0) is 6.54 Å². The van der Waals surface area contributed by atoms with Crippen LogP contribution < -0.4 is 5.73 Å². The largest absolute Gasteiger partial charge is 0.384 e. The van der Waals surface area contributed by atoms with E-state index in [-0.39, 0.29) is 0 Å². The molecule has 1 aromatic heterocycles. The fourth-order valence-electron chi connectivity index (χ4n) is 2.42. The van der Waals surface area contributed by atoms with Crippen molar-refractivity contribution < 1.29 is 0 Å². The van der Waals surface area contributed by atoms with Crippen LogP contribution in [-0.4, -0.2) is 23.0 Å². The van der Waals surface area contributed by atoms with Gasteiger partial charge in [0.2, 0.25) is 0 Å². The highest BCUT2D eigenvalue weighted by atomic mass is 15.1. The first kappa shape index (κ1) is 12.4. The Labute approximate surface area is 104 Å². The van der Waals surface area contributed by atoms with Gasteiger partial charge in [-0.15, -0.1) is 0 Å². The third-order valence-corrected chi connectivity index (χ3v) is 3.69. The van der Waals surface area contributed by atoms with Crippen molar-refractivity contribution in [1.29, 1.82) is 0 Å². The molecule has 0 radical (unpaired) electrons. The molecule has 0 saturated carbocycles. The first-order valence-electron chi connectivity index (χ1n) is 6.48. The van der Waals surface area contributed by atoms with Crippen LogP contribution >= 0.6 is 0 Å². The number of nitrogens with zero attached hydrogens (tertiary/aromatic N) is 2. The molecule has 0 atom stereocenters. The third-order valence-electron chi connectivity index (χ3n) is 3.69. The number of anilines is 1. The summed E-state index contributed by atoms with van der Waals surface area (Å²) in [5.41, 5.74) is 7.37. The van der Waals surface area contributed by atoms with Crippen LogP contribution in [0.3, 0.4) is 0 Å². The summed E-state index contributed by atoms with van der Waals surface area (Å²) in [6.45, 7) is 8.15. The van der Waals surface area contributed by atoms with Gasteiger partial charge < -0.3 is 5.73 Å². The molecule has 2 rings (SSSR count). The van der Waals surface area contributed by atoms with E-state index in [0.29, 0.717) is 11.2 Å². The Hall–Kier alpha value is -1.09. The number of likely N-dealkylation sites (tertiary alicyclic amines) is 1. The van der Waals surface area contributed by atoms with Crippen molar-refractivity contribution in [3.63, 3.8) is 0 Å². The molecule has 3 heteroatoms. The van der Waals surface area contributed by atoms with Crippen molar-refractivity contribution in [2.75, 3.05) is 18.8 Å². The Bertz CT molecular complexity index is 356. The Balaban J connectivity index is 1.93. The van der Waals surface area contributed by atoms with E-state index in [9.17, 15) is 0 Å². The van der Waals surface area contributed by atoms with Crippen molar-refractivity contribution in [1.82, 2.24) is 9.88 Å². The van der Waals surface area contributed by atoms with E-state index in [4.69, 9.17) is 5.73 Å². The fraction of sp³-hybridized carbons (Fsp3) is 0.643. The molecular weight excluding hydrogens is 210 g/mol. The number of rotatable bonds is 2. The lowest BCUT2D eigenvalue weighted by molar-refractivity contribution is 0.255. The van der Waals surface area contributed by atoms with Crippen LogP contribution in [0.1, 0.15) is 38.7 Å². The summed E-state index contributed by atoms with van der Waals surface area (Å²) < 4.78 is 0. The van der Waals surface area contributed by atoms with Gasteiger partial charge in [0, 0.05) is 12.7 Å². The molecule has 3 nitrogen and oxygen atoms in total. The normalized spacial score (nSPS) is 21.1. The summed E-state index contributed by atoms with van der Waals surface area (Å²) in [7, 11) is 0. The minimum atomic E-state index is 0.508. The minimum absolute atomic E-state index is 0.508. The molecule has 1 aliphatic heterocycles. The molecule has 1 aliphatic rings. The van der Waals surface area contributed by atoms with E-state index in [0.717, 1.165) is 6.54 Å². The smallest absolute Gasteiger partial charge is 0.123 e.